The summed E-state index contributed by atoms with van der Waals surface area (Å²) in [6, 6.07) is 0. The normalized spacial score (nSPS) is 53.4. The lowest BCUT2D eigenvalue weighted by Crippen LogP contribution is -2.71. The number of allylic oxidation sites excluding steroid dienone is 2. The minimum atomic E-state index is -1.70. The van der Waals surface area contributed by atoms with E-state index in [1.165, 1.54) is 12.5 Å². The molecule has 2 aliphatic heterocycles. The third-order valence-electron chi connectivity index (χ3n) is 16.5. The molecule has 13 heteroatoms. The highest BCUT2D eigenvalue weighted by molar-refractivity contribution is 5.22. The Labute approximate surface area is 327 Å². The van der Waals surface area contributed by atoms with Gasteiger partial charge in [0.1, 0.15) is 42.7 Å². The van der Waals surface area contributed by atoms with Crippen LogP contribution in [0.25, 0.3) is 0 Å². The summed E-state index contributed by atoms with van der Waals surface area (Å²) in [7, 11) is 0. The fourth-order valence-electron chi connectivity index (χ4n) is 13.3. The standard InChI is InChI=1S/C42H72O13/c1-20(2)11-10-14-42(9,51)22-12-16-40(7)28(22)23(44)17-26-39(6)15-13-27(45)38(4,5)35(39)24(18-41(26,40)8)53-37-34(32(49)30(47)25(19-43)54-37)55-36-33(50)31(48)29(46)21(3)52-36/h11,21-37,43-51H,10,12-19H2,1-9H3/t21-,22+,23-,24+,25-,26-,27+,28+,29-,30-,31+,32+,33+,34-,35+,36+,37-,39-,40-,41-,42+/m1/s1. The van der Waals surface area contributed by atoms with Crippen molar-refractivity contribution in [3.05, 3.63) is 11.6 Å². The average Bonchev–Trinajstić information content (AvgIpc) is 3.49. The first kappa shape index (κ1) is 43.8. The van der Waals surface area contributed by atoms with Crippen molar-refractivity contribution >= 4 is 0 Å². The fraction of sp³-hybridized carbons (Fsp3) is 0.952. The largest absolute Gasteiger partial charge is 0.394 e. The van der Waals surface area contributed by atoms with E-state index in [1.807, 2.05) is 20.8 Å². The second-order valence-corrected chi connectivity index (χ2v) is 20.3. The zero-order chi connectivity index (χ0) is 40.8. The molecule has 2 heterocycles. The molecule has 0 unspecified atom stereocenters. The van der Waals surface area contributed by atoms with E-state index in [9.17, 15) is 46.0 Å². The first-order chi connectivity index (χ1) is 25.5. The molecule has 0 radical (unpaired) electrons. The maximum Gasteiger partial charge on any atom is 0.187 e. The Morgan fingerprint density at radius 1 is 0.818 bits per heavy atom. The smallest absolute Gasteiger partial charge is 0.187 e. The molecule has 21 atom stereocenters. The zero-order valence-corrected chi connectivity index (χ0v) is 34.4. The number of hydrogen-bond acceptors (Lipinski definition) is 13. The molecule has 0 bridgehead atoms. The summed E-state index contributed by atoms with van der Waals surface area (Å²) in [6.45, 7) is 17.8. The Balaban J connectivity index is 1.38. The van der Waals surface area contributed by atoms with E-state index < -0.39 is 114 Å². The van der Waals surface area contributed by atoms with Crippen LogP contribution in [0.4, 0.5) is 0 Å². The molecule has 318 valence electrons. The monoisotopic (exact) mass is 784 g/mol. The third kappa shape index (κ3) is 7.10. The zero-order valence-electron chi connectivity index (χ0n) is 34.4. The molecule has 2 saturated heterocycles. The van der Waals surface area contributed by atoms with Crippen molar-refractivity contribution in [2.75, 3.05) is 6.61 Å². The number of hydrogen-bond donors (Lipinski definition) is 9. The number of ether oxygens (including phenoxy) is 4. The van der Waals surface area contributed by atoms with Gasteiger partial charge in [-0.15, -0.1) is 0 Å². The van der Waals surface area contributed by atoms with E-state index in [0.29, 0.717) is 32.1 Å². The van der Waals surface area contributed by atoms with E-state index >= 15 is 0 Å². The SMILES string of the molecule is CC(C)=CCC[C@](C)(O)[C@H]1CC[C@]2(C)[C@@H]1[C@H](O)C[C@@H]1[C@@]3(C)CC[C@H](O)C(C)(C)[C@@H]3[C@@H](O[C@@H]3O[C@H](CO)[C@@H](O)[C@H](O)[C@H]3O[C@@H]3O[C@H](C)[C@@H](O)[C@H](O)[C@@H]3O)C[C@]12C. The first-order valence-corrected chi connectivity index (χ1v) is 20.8. The summed E-state index contributed by atoms with van der Waals surface area (Å²) in [5, 5.41) is 100. The van der Waals surface area contributed by atoms with Crippen LogP contribution in [0.1, 0.15) is 114 Å². The summed E-state index contributed by atoms with van der Waals surface area (Å²) in [4.78, 5) is 0. The number of rotatable bonds is 9. The van der Waals surface area contributed by atoms with Crippen LogP contribution >= 0.6 is 0 Å². The van der Waals surface area contributed by atoms with E-state index in [2.05, 4.69) is 40.7 Å². The van der Waals surface area contributed by atoms with Crippen molar-refractivity contribution < 1.29 is 64.9 Å². The van der Waals surface area contributed by atoms with E-state index in [1.54, 1.807) is 0 Å². The average molecular weight is 785 g/mol. The Hall–Kier alpha value is -0.780. The first-order valence-electron chi connectivity index (χ1n) is 20.8. The lowest BCUT2D eigenvalue weighted by molar-refractivity contribution is -0.382. The van der Waals surface area contributed by atoms with Crippen LogP contribution in [0.2, 0.25) is 0 Å². The quantitative estimate of drug-likeness (QED) is 0.121. The van der Waals surface area contributed by atoms with Gasteiger partial charge in [-0.2, -0.15) is 0 Å². The van der Waals surface area contributed by atoms with Gasteiger partial charge >= 0.3 is 0 Å². The Morgan fingerprint density at radius 3 is 2.13 bits per heavy atom. The molecular formula is C42H72O13. The summed E-state index contributed by atoms with van der Waals surface area (Å²) in [5.74, 6) is -0.526. The van der Waals surface area contributed by atoms with Crippen LogP contribution in [0.15, 0.2) is 11.6 Å². The Bertz CT molecular complexity index is 1390. The van der Waals surface area contributed by atoms with Gasteiger partial charge < -0.3 is 64.9 Å². The van der Waals surface area contributed by atoms with Gasteiger partial charge in [-0.1, -0.05) is 46.3 Å². The minimum Gasteiger partial charge on any atom is -0.394 e. The van der Waals surface area contributed by atoms with Gasteiger partial charge in [0.15, 0.2) is 12.6 Å². The van der Waals surface area contributed by atoms with Crippen LogP contribution in [-0.4, -0.2) is 138 Å². The number of aliphatic hydroxyl groups is 9. The second kappa shape index (κ2) is 15.4. The highest BCUT2D eigenvalue weighted by Crippen LogP contribution is 2.76. The van der Waals surface area contributed by atoms with Crippen molar-refractivity contribution in [3.63, 3.8) is 0 Å². The number of aliphatic hydroxyl groups excluding tert-OH is 8. The summed E-state index contributed by atoms with van der Waals surface area (Å²) in [5.41, 5.74) is -1.71. The van der Waals surface area contributed by atoms with Crippen LogP contribution in [0.3, 0.4) is 0 Å². The van der Waals surface area contributed by atoms with Crippen LogP contribution in [-0.2, 0) is 18.9 Å². The predicted molar refractivity (Wildman–Crippen MR) is 201 cm³/mol. The molecule has 13 nitrogen and oxygen atoms in total. The highest BCUT2D eigenvalue weighted by Gasteiger charge is 2.73. The molecule has 6 fully saturated rings. The highest BCUT2D eigenvalue weighted by atomic mass is 16.8. The van der Waals surface area contributed by atoms with E-state index in [4.69, 9.17) is 18.9 Å². The van der Waals surface area contributed by atoms with Crippen LogP contribution < -0.4 is 0 Å². The number of fused-ring (bicyclic) bond motifs is 5. The maximum atomic E-state index is 12.3. The van der Waals surface area contributed by atoms with Crippen molar-refractivity contribution in [2.24, 2.45) is 45.3 Å². The lowest BCUT2D eigenvalue weighted by atomic mass is 9.34. The molecule has 0 amide bonds. The molecule has 0 aromatic rings. The molecule has 0 aromatic carbocycles. The Kier molecular flexibility index (Phi) is 12.2. The van der Waals surface area contributed by atoms with Crippen molar-refractivity contribution in [1.29, 1.82) is 0 Å². The van der Waals surface area contributed by atoms with E-state index in [-0.39, 0.29) is 23.7 Å². The molecular weight excluding hydrogens is 712 g/mol. The predicted octanol–water partition coefficient (Wildman–Crippen LogP) is 2.15. The van der Waals surface area contributed by atoms with Crippen molar-refractivity contribution in [1.82, 2.24) is 0 Å². The van der Waals surface area contributed by atoms with Crippen LogP contribution in [0.5, 0.6) is 0 Å². The third-order valence-corrected chi connectivity index (χ3v) is 16.5. The topological polar surface area (TPSA) is 219 Å². The van der Waals surface area contributed by atoms with Crippen LogP contribution in [0, 0.1) is 45.3 Å². The van der Waals surface area contributed by atoms with Gasteiger partial charge in [0.05, 0.1) is 36.6 Å². The lowest BCUT2D eigenvalue weighted by Gasteiger charge is -2.72. The van der Waals surface area contributed by atoms with Gasteiger partial charge in [0.2, 0.25) is 0 Å². The summed E-state index contributed by atoms with van der Waals surface area (Å²) in [6.07, 6.45) is -8.99. The van der Waals surface area contributed by atoms with Gasteiger partial charge in [-0.3, -0.25) is 0 Å². The Morgan fingerprint density at radius 2 is 1.49 bits per heavy atom. The molecule has 9 N–H and O–H groups in total. The molecule has 0 aromatic heterocycles. The van der Waals surface area contributed by atoms with Gasteiger partial charge in [0.25, 0.3) is 0 Å². The summed E-state index contributed by atoms with van der Waals surface area (Å²) >= 11 is 0. The minimum absolute atomic E-state index is 0.0411. The molecule has 6 aliphatic rings. The van der Waals surface area contributed by atoms with Crippen molar-refractivity contribution in [2.45, 2.75) is 199 Å². The molecule has 4 aliphatic carbocycles. The van der Waals surface area contributed by atoms with Crippen molar-refractivity contribution in [3.8, 4) is 0 Å². The van der Waals surface area contributed by atoms with E-state index in [0.717, 1.165) is 19.3 Å². The van der Waals surface area contributed by atoms with Gasteiger partial charge in [0, 0.05) is 0 Å². The van der Waals surface area contributed by atoms with Gasteiger partial charge in [-0.05, 0) is 124 Å². The molecule has 55 heavy (non-hydrogen) atoms. The molecule has 0 spiro atoms. The summed E-state index contributed by atoms with van der Waals surface area (Å²) < 4.78 is 25.1. The van der Waals surface area contributed by atoms with Gasteiger partial charge in [-0.25, -0.2) is 0 Å². The maximum absolute atomic E-state index is 12.3. The molecule has 6 rings (SSSR count). The molecule has 4 saturated carbocycles. The fourth-order valence-corrected chi connectivity index (χ4v) is 13.3. The second-order valence-electron chi connectivity index (χ2n) is 20.3.